The van der Waals surface area contributed by atoms with E-state index in [0.29, 0.717) is 0 Å². The van der Waals surface area contributed by atoms with Gasteiger partial charge in [-0.05, 0) is 54.1 Å². The molecule has 3 nitrogen and oxygen atoms in total. The summed E-state index contributed by atoms with van der Waals surface area (Å²) in [5, 5.41) is 2.29. The molecule has 1 aromatic rings. The minimum Gasteiger partial charge on any atom is -0.453 e. The molecule has 0 spiro atoms. The van der Waals surface area contributed by atoms with Crippen LogP contribution in [-0.2, 0) is 15.1 Å². The topological polar surface area (TPSA) is 42.9 Å². The number of piperidine rings is 1. The monoisotopic (exact) mass is 500 g/mol. The van der Waals surface area contributed by atoms with Gasteiger partial charge in [-0.25, -0.2) is 0 Å². The van der Waals surface area contributed by atoms with E-state index in [2.05, 4.69) is 74.8 Å². The number of carbonyl (C=O) groups excluding carboxylic acids is 1. The van der Waals surface area contributed by atoms with Gasteiger partial charge in [-0.3, -0.25) is 4.79 Å². The Bertz CT molecular complexity index is 474. The number of quaternary nitrogens is 1. The molecule has 20 heavy (non-hydrogen) atoms. The summed E-state index contributed by atoms with van der Waals surface area (Å²) in [6.45, 7) is 5.79. The summed E-state index contributed by atoms with van der Waals surface area (Å²) in [6.07, 6.45) is 1.76. The summed E-state index contributed by atoms with van der Waals surface area (Å²) in [6, 6.07) is 8.36. The van der Waals surface area contributed by atoms with Crippen LogP contribution in [0.15, 0.2) is 24.3 Å². The molecule has 0 unspecified atom stereocenters. The zero-order valence-electron chi connectivity index (χ0n) is 11.8. The molecule has 1 aliphatic heterocycles. The summed E-state index contributed by atoms with van der Waals surface area (Å²) in [5.74, 6) is -0.126. The van der Waals surface area contributed by atoms with Crippen LogP contribution in [0.1, 0.15) is 32.3 Å². The third-order valence-electron chi connectivity index (χ3n) is 3.65. The van der Waals surface area contributed by atoms with E-state index in [4.69, 9.17) is 4.74 Å². The number of ether oxygens (including phenoxy) is 1. The first-order valence-corrected chi connectivity index (χ1v) is 8.99. The molecule has 1 aromatic carbocycles. The van der Waals surface area contributed by atoms with Crippen molar-refractivity contribution in [2.45, 2.75) is 35.7 Å². The van der Waals surface area contributed by atoms with Gasteiger partial charge in [-0.2, -0.15) is 0 Å². The van der Waals surface area contributed by atoms with Crippen molar-refractivity contribution >= 4 is 51.2 Å². The van der Waals surface area contributed by atoms with E-state index in [1.165, 1.54) is 3.57 Å². The molecule has 1 heterocycles. The highest BCUT2D eigenvalue weighted by Crippen LogP contribution is 2.36. The van der Waals surface area contributed by atoms with Gasteiger partial charge >= 0.3 is 5.97 Å². The van der Waals surface area contributed by atoms with E-state index < -0.39 is 9.02 Å². The lowest BCUT2D eigenvalue weighted by atomic mass is 9.84. The summed E-state index contributed by atoms with van der Waals surface area (Å²) >= 11 is 4.44. The Kier molecular flexibility index (Phi) is 5.34. The van der Waals surface area contributed by atoms with Crippen molar-refractivity contribution in [1.29, 1.82) is 0 Å². The fourth-order valence-corrected chi connectivity index (χ4v) is 2.91. The molecule has 2 rings (SSSR count). The van der Waals surface area contributed by atoms with Gasteiger partial charge in [-0.1, -0.05) is 34.7 Å². The lowest BCUT2D eigenvalue weighted by molar-refractivity contribution is -0.668. The van der Waals surface area contributed by atoms with Gasteiger partial charge in [0.25, 0.3) is 0 Å². The number of esters is 1. The van der Waals surface area contributed by atoms with Crippen molar-refractivity contribution in [2.75, 3.05) is 13.1 Å². The van der Waals surface area contributed by atoms with Crippen molar-refractivity contribution in [2.24, 2.45) is 0 Å². The standard InChI is InChI=1S/C15H19I2NO2/c1-14(2,17)13(19)20-15(7-9-18-10-8-15)11-3-5-12(16)6-4-11/h3-6,18H,7-10H2,1-2H3/p+1. The molecule has 0 atom stereocenters. The summed E-state index contributed by atoms with van der Waals surface area (Å²) in [7, 11) is 0. The third kappa shape index (κ3) is 3.85. The van der Waals surface area contributed by atoms with Gasteiger partial charge in [0.15, 0.2) is 0 Å². The number of alkyl halides is 1. The normalized spacial score (nSPS) is 18.6. The largest absolute Gasteiger partial charge is 0.453 e. The Morgan fingerprint density at radius 2 is 1.80 bits per heavy atom. The van der Waals surface area contributed by atoms with Crippen molar-refractivity contribution in [1.82, 2.24) is 0 Å². The van der Waals surface area contributed by atoms with Gasteiger partial charge < -0.3 is 10.1 Å². The predicted octanol–water partition coefficient (Wildman–Crippen LogP) is 2.60. The van der Waals surface area contributed by atoms with E-state index in [-0.39, 0.29) is 5.97 Å². The van der Waals surface area contributed by atoms with Gasteiger partial charge in [0.1, 0.15) is 9.02 Å². The Morgan fingerprint density at radius 1 is 1.25 bits per heavy atom. The van der Waals surface area contributed by atoms with Crippen molar-refractivity contribution in [3.63, 3.8) is 0 Å². The molecule has 0 aromatic heterocycles. The fraction of sp³-hybridized carbons (Fsp3) is 0.533. The number of benzene rings is 1. The molecule has 0 radical (unpaired) electrons. The number of rotatable bonds is 3. The highest BCUT2D eigenvalue weighted by atomic mass is 127. The van der Waals surface area contributed by atoms with Crippen LogP contribution in [0.3, 0.4) is 0 Å². The van der Waals surface area contributed by atoms with Crippen molar-refractivity contribution in [3.8, 4) is 0 Å². The second-order valence-corrected chi connectivity index (χ2v) is 9.67. The summed E-state index contributed by atoms with van der Waals surface area (Å²) < 4.78 is 6.71. The molecular weight excluding hydrogens is 480 g/mol. The molecule has 5 heteroatoms. The average molecular weight is 500 g/mol. The van der Waals surface area contributed by atoms with Gasteiger partial charge in [-0.15, -0.1) is 0 Å². The Hall–Kier alpha value is 0.110. The number of halogens is 2. The molecule has 0 aliphatic carbocycles. The lowest BCUT2D eigenvalue weighted by Crippen LogP contribution is -2.87. The Balaban J connectivity index is 2.30. The van der Waals surface area contributed by atoms with E-state index in [9.17, 15) is 4.79 Å². The van der Waals surface area contributed by atoms with Crippen LogP contribution in [0.2, 0.25) is 0 Å². The second kappa shape index (κ2) is 6.48. The molecule has 2 N–H and O–H groups in total. The first-order valence-electron chi connectivity index (χ1n) is 6.84. The quantitative estimate of drug-likeness (QED) is 0.394. The van der Waals surface area contributed by atoms with Crippen LogP contribution in [0.4, 0.5) is 0 Å². The van der Waals surface area contributed by atoms with Gasteiger partial charge in [0.05, 0.1) is 13.1 Å². The zero-order chi connectivity index (χ0) is 14.8. The average Bonchev–Trinajstić information content (AvgIpc) is 2.39. The number of hydrogen-bond acceptors (Lipinski definition) is 2. The highest BCUT2D eigenvalue weighted by molar-refractivity contribution is 14.1. The zero-order valence-corrected chi connectivity index (χ0v) is 16.1. The third-order valence-corrected chi connectivity index (χ3v) is 4.81. The molecule has 0 bridgehead atoms. The molecule has 1 saturated heterocycles. The van der Waals surface area contributed by atoms with Gasteiger partial charge in [0, 0.05) is 16.4 Å². The van der Waals surface area contributed by atoms with Crippen LogP contribution in [0.25, 0.3) is 0 Å². The van der Waals surface area contributed by atoms with Crippen LogP contribution in [0, 0.1) is 3.57 Å². The number of nitrogens with two attached hydrogens (primary N) is 1. The van der Waals surface area contributed by atoms with E-state index >= 15 is 0 Å². The van der Waals surface area contributed by atoms with Gasteiger partial charge in [0.2, 0.25) is 0 Å². The van der Waals surface area contributed by atoms with Crippen molar-refractivity contribution < 1.29 is 14.8 Å². The fourth-order valence-electron chi connectivity index (χ4n) is 2.44. The van der Waals surface area contributed by atoms with Crippen LogP contribution in [-0.4, -0.2) is 22.5 Å². The second-order valence-electron chi connectivity index (χ2n) is 5.73. The molecule has 1 fully saturated rings. The van der Waals surface area contributed by atoms with E-state index in [1.807, 2.05) is 13.8 Å². The maximum atomic E-state index is 12.3. The maximum Gasteiger partial charge on any atom is 0.322 e. The maximum absolute atomic E-state index is 12.3. The lowest BCUT2D eigenvalue weighted by Gasteiger charge is -2.37. The van der Waals surface area contributed by atoms with Crippen LogP contribution < -0.4 is 5.32 Å². The smallest absolute Gasteiger partial charge is 0.322 e. The SMILES string of the molecule is CC(C)(I)C(=O)OC1(c2ccc(I)cc2)CC[NH2+]CC1. The molecular formula is C15H20I2NO2+. The minimum absolute atomic E-state index is 0.126. The van der Waals surface area contributed by atoms with Crippen LogP contribution >= 0.6 is 45.2 Å². The van der Waals surface area contributed by atoms with Crippen molar-refractivity contribution in [3.05, 3.63) is 33.4 Å². The number of hydrogen-bond donors (Lipinski definition) is 1. The molecule has 1 aliphatic rings. The van der Waals surface area contributed by atoms with E-state index in [1.54, 1.807) is 0 Å². The molecule has 110 valence electrons. The summed E-state index contributed by atoms with van der Waals surface area (Å²) in [5.41, 5.74) is 0.679. The van der Waals surface area contributed by atoms with Crippen LogP contribution in [0.5, 0.6) is 0 Å². The summed E-state index contributed by atoms with van der Waals surface area (Å²) in [4.78, 5) is 12.3. The Labute approximate surface area is 147 Å². The predicted molar refractivity (Wildman–Crippen MR) is 95.9 cm³/mol. The first kappa shape index (κ1) is 16.5. The number of carbonyl (C=O) groups is 1. The molecule has 0 amide bonds. The Morgan fingerprint density at radius 3 is 2.30 bits per heavy atom. The minimum atomic E-state index is -0.491. The van der Waals surface area contributed by atoms with E-state index in [0.717, 1.165) is 31.5 Å². The molecule has 0 saturated carbocycles. The highest BCUT2D eigenvalue weighted by Gasteiger charge is 2.42. The first-order chi connectivity index (χ1) is 9.33.